The summed E-state index contributed by atoms with van der Waals surface area (Å²) in [7, 11) is 0. The van der Waals surface area contributed by atoms with Gasteiger partial charge in [0.05, 0.1) is 5.92 Å². The molecule has 108 valence electrons. The van der Waals surface area contributed by atoms with Gasteiger partial charge in [-0.1, -0.05) is 6.92 Å². The molecule has 19 heavy (non-hydrogen) atoms. The number of carboxylic acid groups (broad SMARTS) is 1. The zero-order valence-electron chi connectivity index (χ0n) is 11.8. The van der Waals surface area contributed by atoms with Crippen molar-refractivity contribution in [2.24, 2.45) is 11.8 Å². The van der Waals surface area contributed by atoms with Crippen molar-refractivity contribution in [1.29, 1.82) is 0 Å². The first-order valence-electron chi connectivity index (χ1n) is 7.29. The number of urea groups is 1. The van der Waals surface area contributed by atoms with Crippen LogP contribution in [0.3, 0.4) is 0 Å². The normalized spacial score (nSPS) is 29.4. The topological polar surface area (TPSA) is 60.9 Å². The highest BCUT2D eigenvalue weighted by Crippen LogP contribution is 2.26. The molecule has 0 bridgehead atoms. The predicted octanol–water partition coefficient (Wildman–Crippen LogP) is 2.02. The van der Waals surface area contributed by atoms with Crippen LogP contribution in [0.4, 0.5) is 4.79 Å². The maximum absolute atomic E-state index is 12.5. The summed E-state index contributed by atoms with van der Waals surface area (Å²) in [4.78, 5) is 27.3. The lowest BCUT2D eigenvalue weighted by Gasteiger charge is -2.41. The van der Waals surface area contributed by atoms with E-state index in [2.05, 4.69) is 6.92 Å². The minimum atomic E-state index is -0.780. The summed E-state index contributed by atoms with van der Waals surface area (Å²) in [5, 5.41) is 9.20. The Labute approximate surface area is 114 Å². The maximum Gasteiger partial charge on any atom is 0.320 e. The van der Waals surface area contributed by atoms with Crippen molar-refractivity contribution >= 4 is 12.0 Å². The highest BCUT2D eigenvalue weighted by molar-refractivity contribution is 5.77. The summed E-state index contributed by atoms with van der Waals surface area (Å²) in [5.74, 6) is -0.506. The molecule has 0 spiro atoms. The third-order valence-corrected chi connectivity index (χ3v) is 4.61. The fourth-order valence-electron chi connectivity index (χ4n) is 3.12. The van der Waals surface area contributed by atoms with Gasteiger partial charge in [-0.15, -0.1) is 0 Å². The number of carboxylic acids is 1. The van der Waals surface area contributed by atoms with Crippen molar-refractivity contribution < 1.29 is 14.7 Å². The first kappa shape index (κ1) is 14.2. The number of piperidine rings is 2. The summed E-state index contributed by atoms with van der Waals surface area (Å²) in [5.41, 5.74) is 0. The van der Waals surface area contributed by atoms with Crippen molar-refractivity contribution in [3.05, 3.63) is 0 Å². The van der Waals surface area contributed by atoms with E-state index < -0.39 is 11.9 Å². The number of carbonyl (C=O) groups is 2. The largest absolute Gasteiger partial charge is 0.481 e. The second-order valence-electron chi connectivity index (χ2n) is 5.97. The van der Waals surface area contributed by atoms with E-state index in [9.17, 15) is 14.7 Å². The fraction of sp³-hybridized carbons (Fsp3) is 0.857. The van der Waals surface area contributed by atoms with Crippen molar-refractivity contribution in [1.82, 2.24) is 9.80 Å². The molecule has 0 aromatic carbocycles. The monoisotopic (exact) mass is 268 g/mol. The van der Waals surface area contributed by atoms with Crippen LogP contribution in [0, 0.1) is 11.8 Å². The van der Waals surface area contributed by atoms with Gasteiger partial charge < -0.3 is 14.9 Å². The molecule has 2 saturated heterocycles. The van der Waals surface area contributed by atoms with Crippen LogP contribution in [-0.2, 0) is 4.79 Å². The zero-order chi connectivity index (χ0) is 14.0. The van der Waals surface area contributed by atoms with Crippen molar-refractivity contribution in [3.63, 3.8) is 0 Å². The van der Waals surface area contributed by atoms with E-state index in [1.54, 1.807) is 4.90 Å². The van der Waals surface area contributed by atoms with Crippen molar-refractivity contribution in [3.8, 4) is 0 Å². The maximum atomic E-state index is 12.5. The molecule has 1 N–H and O–H groups in total. The van der Waals surface area contributed by atoms with Crippen LogP contribution in [0.1, 0.15) is 39.5 Å². The van der Waals surface area contributed by atoms with Crippen LogP contribution in [0.15, 0.2) is 0 Å². The second-order valence-corrected chi connectivity index (χ2v) is 5.97. The van der Waals surface area contributed by atoms with Gasteiger partial charge >= 0.3 is 12.0 Å². The Morgan fingerprint density at radius 3 is 2.26 bits per heavy atom. The van der Waals surface area contributed by atoms with Crippen LogP contribution >= 0.6 is 0 Å². The summed E-state index contributed by atoms with van der Waals surface area (Å²) in [6.07, 6.45) is 3.57. The standard InChI is InChI=1S/C14H24N2O3/c1-10-5-8-15(9-6-10)14(19)16-7-3-4-12(11(16)2)13(17)18/h10-12H,3-9H2,1-2H3,(H,17,18)/t11-,12-/m0/s1. The van der Waals surface area contributed by atoms with Gasteiger partial charge in [-0.3, -0.25) is 4.79 Å². The van der Waals surface area contributed by atoms with Crippen LogP contribution in [-0.4, -0.2) is 52.6 Å². The Kier molecular flexibility index (Phi) is 4.32. The van der Waals surface area contributed by atoms with Crippen molar-refractivity contribution in [2.75, 3.05) is 19.6 Å². The molecule has 0 saturated carbocycles. The average Bonchev–Trinajstić information content (AvgIpc) is 2.38. The average molecular weight is 268 g/mol. The smallest absolute Gasteiger partial charge is 0.320 e. The molecule has 0 radical (unpaired) electrons. The van der Waals surface area contributed by atoms with Crippen molar-refractivity contribution in [2.45, 2.75) is 45.6 Å². The predicted molar refractivity (Wildman–Crippen MR) is 71.9 cm³/mol. The van der Waals surface area contributed by atoms with Gasteiger partial charge in [-0.05, 0) is 38.5 Å². The second kappa shape index (κ2) is 5.80. The Hall–Kier alpha value is -1.26. The first-order valence-corrected chi connectivity index (χ1v) is 7.29. The molecule has 0 aromatic heterocycles. The number of rotatable bonds is 1. The van der Waals surface area contributed by atoms with E-state index in [0.29, 0.717) is 18.9 Å². The number of likely N-dealkylation sites (tertiary alicyclic amines) is 2. The Morgan fingerprint density at radius 2 is 1.68 bits per heavy atom. The third-order valence-electron chi connectivity index (χ3n) is 4.61. The molecule has 2 atom stereocenters. The fourth-order valence-corrected chi connectivity index (χ4v) is 3.12. The zero-order valence-corrected chi connectivity index (χ0v) is 11.8. The molecular weight excluding hydrogens is 244 g/mol. The minimum Gasteiger partial charge on any atom is -0.481 e. The molecule has 2 heterocycles. The Balaban J connectivity index is 2.00. The minimum absolute atomic E-state index is 0.0327. The third kappa shape index (κ3) is 3.01. The quantitative estimate of drug-likeness (QED) is 0.791. The molecule has 5 heteroatoms. The molecular formula is C14H24N2O3. The molecule has 5 nitrogen and oxygen atoms in total. The molecule has 0 aromatic rings. The van der Waals surface area contributed by atoms with Gasteiger partial charge in [-0.25, -0.2) is 4.79 Å². The molecule has 2 aliphatic rings. The number of aliphatic carboxylic acids is 1. The molecule has 2 fully saturated rings. The Morgan fingerprint density at radius 1 is 1.05 bits per heavy atom. The summed E-state index contributed by atoms with van der Waals surface area (Å²) >= 11 is 0. The van der Waals surface area contributed by atoms with E-state index in [0.717, 1.165) is 32.4 Å². The summed E-state index contributed by atoms with van der Waals surface area (Å²) in [6.45, 7) is 6.38. The van der Waals surface area contributed by atoms with E-state index in [1.165, 1.54) is 0 Å². The number of nitrogens with zero attached hydrogens (tertiary/aromatic N) is 2. The van der Waals surface area contributed by atoms with Gasteiger partial charge in [0.2, 0.25) is 0 Å². The number of carbonyl (C=O) groups excluding carboxylic acids is 1. The number of hydrogen-bond acceptors (Lipinski definition) is 2. The lowest BCUT2D eigenvalue weighted by atomic mass is 9.90. The molecule has 2 rings (SSSR count). The first-order chi connectivity index (χ1) is 9.00. The van der Waals surface area contributed by atoms with Gasteiger partial charge in [0.25, 0.3) is 0 Å². The van der Waals surface area contributed by atoms with E-state index in [1.807, 2.05) is 11.8 Å². The van der Waals surface area contributed by atoms with Gasteiger partial charge in [0.1, 0.15) is 0 Å². The van der Waals surface area contributed by atoms with Crippen LogP contribution in [0.2, 0.25) is 0 Å². The van der Waals surface area contributed by atoms with E-state index >= 15 is 0 Å². The molecule has 0 aliphatic carbocycles. The Bertz CT molecular complexity index is 351. The van der Waals surface area contributed by atoms with Gasteiger partial charge in [0, 0.05) is 25.7 Å². The molecule has 2 aliphatic heterocycles. The van der Waals surface area contributed by atoms with Crippen LogP contribution in [0.25, 0.3) is 0 Å². The molecule has 2 amide bonds. The molecule has 0 unspecified atom stereocenters. The van der Waals surface area contributed by atoms with Gasteiger partial charge in [0.15, 0.2) is 0 Å². The van der Waals surface area contributed by atoms with Gasteiger partial charge in [-0.2, -0.15) is 0 Å². The number of amides is 2. The van der Waals surface area contributed by atoms with E-state index in [-0.39, 0.29) is 12.1 Å². The summed E-state index contributed by atoms with van der Waals surface area (Å²) in [6, 6.07) is -0.163. The SMILES string of the molecule is CC1CCN(C(=O)N2CCC[C@H](C(=O)O)[C@@H]2C)CC1. The highest BCUT2D eigenvalue weighted by atomic mass is 16.4. The lowest BCUT2D eigenvalue weighted by Crippen LogP contribution is -2.54. The lowest BCUT2D eigenvalue weighted by molar-refractivity contribution is -0.145. The number of hydrogen-bond donors (Lipinski definition) is 1. The van der Waals surface area contributed by atoms with E-state index in [4.69, 9.17) is 0 Å². The van der Waals surface area contributed by atoms with Crippen LogP contribution < -0.4 is 0 Å². The summed E-state index contributed by atoms with van der Waals surface area (Å²) < 4.78 is 0. The van der Waals surface area contributed by atoms with Crippen LogP contribution in [0.5, 0.6) is 0 Å². The highest BCUT2D eigenvalue weighted by Gasteiger charge is 2.37.